The van der Waals surface area contributed by atoms with Gasteiger partial charge in [0.2, 0.25) is 0 Å². The van der Waals surface area contributed by atoms with Crippen molar-refractivity contribution in [2.75, 3.05) is 6.54 Å². The van der Waals surface area contributed by atoms with Crippen LogP contribution in [0.15, 0.2) is 60.7 Å². The van der Waals surface area contributed by atoms with Crippen LogP contribution in [0.4, 0.5) is 4.79 Å². The Morgan fingerprint density at radius 2 is 1.46 bits per heavy atom. The molecule has 0 saturated carbocycles. The second-order valence-corrected chi connectivity index (χ2v) is 6.30. The first-order valence-corrected chi connectivity index (χ1v) is 8.57. The molecule has 0 radical (unpaired) electrons. The number of esters is 1. The number of benzene rings is 2. The largest absolute Gasteiger partial charge is 0.459 e. The second kappa shape index (κ2) is 8.49. The van der Waals surface area contributed by atoms with Gasteiger partial charge in [-0.2, -0.15) is 0 Å². The molecule has 0 spiro atoms. The monoisotopic (exact) mass is 354 g/mol. The maximum absolute atomic E-state index is 12.4. The van der Waals surface area contributed by atoms with Gasteiger partial charge in [0.25, 0.3) is 0 Å². The van der Waals surface area contributed by atoms with E-state index in [1.807, 2.05) is 60.7 Å². The van der Waals surface area contributed by atoms with Crippen LogP contribution in [-0.4, -0.2) is 35.6 Å². The van der Waals surface area contributed by atoms with E-state index in [9.17, 15) is 9.59 Å². The summed E-state index contributed by atoms with van der Waals surface area (Å²) in [5.74, 6) is -0.460. The van der Waals surface area contributed by atoms with Crippen LogP contribution in [0.1, 0.15) is 17.5 Å². The molecule has 1 amide bonds. The summed E-state index contributed by atoms with van der Waals surface area (Å²) < 4.78 is 10.7. The quantitative estimate of drug-likeness (QED) is 0.834. The molecule has 2 N–H and O–H groups in total. The fourth-order valence-corrected chi connectivity index (χ4v) is 2.92. The number of nitrogens with two attached hydrogens (primary N) is 1. The van der Waals surface area contributed by atoms with Crippen molar-refractivity contribution in [2.24, 2.45) is 5.73 Å². The molecule has 0 bridgehead atoms. The first-order valence-electron chi connectivity index (χ1n) is 8.57. The average Bonchev–Trinajstić information content (AvgIpc) is 3.08. The normalized spacial score (nSPS) is 19.2. The van der Waals surface area contributed by atoms with Crippen molar-refractivity contribution >= 4 is 12.1 Å². The van der Waals surface area contributed by atoms with Gasteiger partial charge < -0.3 is 15.2 Å². The third-order valence-electron chi connectivity index (χ3n) is 4.27. The summed E-state index contributed by atoms with van der Waals surface area (Å²) in [5.41, 5.74) is 7.72. The molecule has 0 unspecified atom stereocenters. The molecule has 136 valence electrons. The number of carbonyl (C=O) groups excluding carboxylic acids is 2. The third-order valence-corrected chi connectivity index (χ3v) is 4.27. The predicted octanol–water partition coefficient (Wildman–Crippen LogP) is 2.47. The van der Waals surface area contributed by atoms with E-state index in [1.54, 1.807) is 0 Å². The molecule has 1 saturated heterocycles. The minimum absolute atomic E-state index is 0.150. The second-order valence-electron chi connectivity index (χ2n) is 6.30. The van der Waals surface area contributed by atoms with E-state index in [0.717, 1.165) is 11.1 Å². The molecule has 6 heteroatoms. The van der Waals surface area contributed by atoms with Gasteiger partial charge in [-0.15, -0.1) is 0 Å². The number of likely N-dealkylation sites (tertiary alicyclic amines) is 1. The molecular formula is C20H22N2O4. The van der Waals surface area contributed by atoms with Crippen LogP contribution in [0.5, 0.6) is 0 Å². The predicted molar refractivity (Wildman–Crippen MR) is 96.0 cm³/mol. The maximum atomic E-state index is 12.4. The lowest BCUT2D eigenvalue weighted by Crippen LogP contribution is -2.41. The molecule has 2 atom stereocenters. The van der Waals surface area contributed by atoms with E-state index in [4.69, 9.17) is 15.2 Å². The summed E-state index contributed by atoms with van der Waals surface area (Å²) in [6.07, 6.45) is -0.183. The van der Waals surface area contributed by atoms with E-state index >= 15 is 0 Å². The molecule has 1 heterocycles. The summed E-state index contributed by atoms with van der Waals surface area (Å²) in [7, 11) is 0. The Morgan fingerprint density at radius 3 is 2.04 bits per heavy atom. The number of rotatable bonds is 5. The van der Waals surface area contributed by atoms with Gasteiger partial charge in [0.05, 0.1) is 0 Å². The molecule has 0 aromatic heterocycles. The van der Waals surface area contributed by atoms with E-state index in [1.165, 1.54) is 4.90 Å². The minimum Gasteiger partial charge on any atom is -0.459 e. The lowest BCUT2D eigenvalue weighted by Gasteiger charge is -2.22. The Balaban J connectivity index is 1.56. The lowest BCUT2D eigenvalue weighted by atomic mass is 10.2. The van der Waals surface area contributed by atoms with Gasteiger partial charge in [0.1, 0.15) is 19.3 Å². The van der Waals surface area contributed by atoms with E-state index in [2.05, 4.69) is 0 Å². The zero-order valence-electron chi connectivity index (χ0n) is 14.4. The topological polar surface area (TPSA) is 81.9 Å². The van der Waals surface area contributed by atoms with Crippen LogP contribution in [0, 0.1) is 0 Å². The zero-order chi connectivity index (χ0) is 18.4. The van der Waals surface area contributed by atoms with Crippen LogP contribution in [0.2, 0.25) is 0 Å². The van der Waals surface area contributed by atoms with Crippen LogP contribution < -0.4 is 5.73 Å². The highest BCUT2D eigenvalue weighted by Crippen LogP contribution is 2.20. The Labute approximate surface area is 152 Å². The van der Waals surface area contributed by atoms with E-state index in [0.29, 0.717) is 6.42 Å². The standard InChI is InChI=1S/C20H22N2O4/c21-17-11-18(19(23)25-13-15-7-3-1-4-8-15)22(12-17)20(24)26-14-16-9-5-2-6-10-16/h1-10,17-18H,11-14,21H2/t17-,18-/m0/s1. The number of hydrogen-bond donors (Lipinski definition) is 1. The van der Waals surface area contributed by atoms with Gasteiger partial charge in [0.15, 0.2) is 0 Å². The summed E-state index contributed by atoms with van der Waals surface area (Å²) in [6, 6.07) is 17.8. The van der Waals surface area contributed by atoms with Gasteiger partial charge in [-0.3, -0.25) is 4.90 Å². The van der Waals surface area contributed by atoms with E-state index < -0.39 is 18.1 Å². The summed E-state index contributed by atoms with van der Waals surface area (Å²) in [6.45, 7) is 0.592. The number of ether oxygens (including phenoxy) is 2. The molecule has 6 nitrogen and oxygen atoms in total. The third kappa shape index (κ3) is 4.61. The molecule has 3 rings (SSSR count). The average molecular weight is 354 g/mol. The SMILES string of the molecule is N[C@H]1C[C@@H](C(=O)OCc2ccccc2)N(C(=O)OCc2ccccc2)C1. The Hall–Kier alpha value is -2.86. The van der Waals surface area contributed by atoms with E-state index in [-0.39, 0.29) is 25.8 Å². The Kier molecular flexibility index (Phi) is 5.86. The van der Waals surface area contributed by atoms with Crippen molar-refractivity contribution in [3.05, 3.63) is 71.8 Å². The van der Waals surface area contributed by atoms with Crippen molar-refractivity contribution < 1.29 is 19.1 Å². The summed E-state index contributed by atoms with van der Waals surface area (Å²) in [4.78, 5) is 26.2. The molecule has 0 aliphatic carbocycles. The smallest absolute Gasteiger partial charge is 0.410 e. The number of amides is 1. The molecular weight excluding hydrogens is 332 g/mol. The van der Waals surface area contributed by atoms with Crippen molar-refractivity contribution in [1.29, 1.82) is 0 Å². The van der Waals surface area contributed by atoms with Crippen LogP contribution in [0.3, 0.4) is 0 Å². The highest BCUT2D eigenvalue weighted by Gasteiger charge is 2.40. The first-order chi connectivity index (χ1) is 12.6. The van der Waals surface area contributed by atoms with Gasteiger partial charge >= 0.3 is 12.1 Å². The van der Waals surface area contributed by atoms with Gasteiger partial charge in [0, 0.05) is 12.6 Å². The minimum atomic E-state index is -0.711. The molecule has 2 aromatic carbocycles. The Morgan fingerprint density at radius 1 is 0.923 bits per heavy atom. The molecule has 1 aliphatic heterocycles. The summed E-state index contributed by atoms with van der Waals surface area (Å²) in [5, 5.41) is 0. The fraction of sp³-hybridized carbons (Fsp3) is 0.300. The lowest BCUT2D eigenvalue weighted by molar-refractivity contribution is -0.149. The number of hydrogen-bond acceptors (Lipinski definition) is 5. The molecule has 1 aliphatic rings. The van der Waals surface area contributed by atoms with Crippen molar-refractivity contribution in [3.63, 3.8) is 0 Å². The van der Waals surface area contributed by atoms with Gasteiger partial charge in [-0.05, 0) is 17.5 Å². The number of nitrogens with zero attached hydrogens (tertiary/aromatic N) is 1. The zero-order valence-corrected chi connectivity index (χ0v) is 14.4. The highest BCUT2D eigenvalue weighted by molar-refractivity contribution is 5.82. The van der Waals surface area contributed by atoms with Gasteiger partial charge in [-0.25, -0.2) is 9.59 Å². The molecule has 26 heavy (non-hydrogen) atoms. The first kappa shape index (κ1) is 17.9. The van der Waals surface area contributed by atoms with Crippen LogP contribution in [0.25, 0.3) is 0 Å². The molecule has 1 fully saturated rings. The highest BCUT2D eigenvalue weighted by atomic mass is 16.6. The van der Waals surface area contributed by atoms with Crippen LogP contribution >= 0.6 is 0 Å². The van der Waals surface area contributed by atoms with Crippen LogP contribution in [-0.2, 0) is 27.5 Å². The van der Waals surface area contributed by atoms with Crippen molar-refractivity contribution in [2.45, 2.75) is 31.7 Å². The Bertz CT molecular complexity index is 672. The molecule has 2 aromatic rings. The fourth-order valence-electron chi connectivity index (χ4n) is 2.92. The van der Waals surface area contributed by atoms with Crippen molar-refractivity contribution in [1.82, 2.24) is 4.90 Å². The van der Waals surface area contributed by atoms with Gasteiger partial charge in [-0.1, -0.05) is 60.7 Å². The maximum Gasteiger partial charge on any atom is 0.410 e. The summed E-state index contributed by atoms with van der Waals surface area (Å²) >= 11 is 0. The van der Waals surface area contributed by atoms with Crippen molar-refractivity contribution in [3.8, 4) is 0 Å². The number of carbonyl (C=O) groups is 2.